The predicted molar refractivity (Wildman–Crippen MR) is 73.1 cm³/mol. The first-order valence-corrected chi connectivity index (χ1v) is 6.89. The van der Waals surface area contributed by atoms with Gasteiger partial charge in [-0.15, -0.1) is 11.3 Å². The lowest BCUT2D eigenvalue weighted by molar-refractivity contribution is 0.291. The van der Waals surface area contributed by atoms with E-state index in [-0.39, 0.29) is 0 Å². The molecule has 16 heavy (non-hydrogen) atoms. The van der Waals surface area contributed by atoms with E-state index in [4.69, 9.17) is 0 Å². The Morgan fingerprint density at radius 1 is 1.38 bits per heavy atom. The van der Waals surface area contributed by atoms with Crippen molar-refractivity contribution < 1.29 is 0 Å². The summed E-state index contributed by atoms with van der Waals surface area (Å²) in [5, 5.41) is 5.70. The quantitative estimate of drug-likeness (QED) is 0.737. The van der Waals surface area contributed by atoms with E-state index in [0.29, 0.717) is 6.04 Å². The second-order valence-electron chi connectivity index (χ2n) is 4.88. The Labute approximate surface area is 104 Å². The van der Waals surface area contributed by atoms with Gasteiger partial charge in [0.25, 0.3) is 0 Å². The maximum Gasteiger partial charge on any atom is 0.0561 e. The first kappa shape index (κ1) is 13.7. The number of likely N-dealkylation sites (N-methyl/N-ethyl adjacent to an activating group) is 1. The summed E-state index contributed by atoms with van der Waals surface area (Å²) in [5.41, 5.74) is 0. The molecule has 0 amide bonds. The molecular weight excluding hydrogens is 216 g/mol. The third-order valence-electron chi connectivity index (χ3n) is 2.73. The van der Waals surface area contributed by atoms with Crippen LogP contribution < -0.4 is 5.32 Å². The first-order chi connectivity index (χ1) is 7.61. The molecule has 0 aliphatic rings. The van der Waals surface area contributed by atoms with Gasteiger partial charge in [-0.3, -0.25) is 0 Å². The molecule has 1 N–H and O–H groups in total. The van der Waals surface area contributed by atoms with Crippen molar-refractivity contribution in [2.75, 3.05) is 27.2 Å². The van der Waals surface area contributed by atoms with Crippen LogP contribution in [0.2, 0.25) is 0 Å². The SMILES string of the molecule is CC(C)CCNCC(c1cccs1)N(C)C. The van der Waals surface area contributed by atoms with Gasteiger partial charge in [0.1, 0.15) is 0 Å². The largest absolute Gasteiger partial charge is 0.315 e. The van der Waals surface area contributed by atoms with E-state index in [1.807, 2.05) is 11.3 Å². The lowest BCUT2D eigenvalue weighted by Gasteiger charge is -2.23. The molecule has 0 saturated carbocycles. The minimum absolute atomic E-state index is 0.507. The van der Waals surface area contributed by atoms with Gasteiger partial charge in [-0.25, -0.2) is 0 Å². The highest BCUT2D eigenvalue weighted by atomic mass is 32.1. The number of nitrogens with zero attached hydrogens (tertiary/aromatic N) is 1. The van der Waals surface area contributed by atoms with Gasteiger partial charge < -0.3 is 10.2 Å². The Bertz CT molecular complexity index is 267. The molecule has 0 bridgehead atoms. The van der Waals surface area contributed by atoms with Crippen LogP contribution in [0.15, 0.2) is 17.5 Å². The number of nitrogens with one attached hydrogen (secondary N) is 1. The van der Waals surface area contributed by atoms with E-state index in [0.717, 1.165) is 19.0 Å². The van der Waals surface area contributed by atoms with Crippen LogP contribution in [-0.4, -0.2) is 32.1 Å². The molecule has 1 unspecified atom stereocenters. The fourth-order valence-electron chi connectivity index (χ4n) is 1.65. The Kier molecular flexibility index (Phi) is 6.03. The van der Waals surface area contributed by atoms with Crippen LogP contribution >= 0.6 is 11.3 Å². The third kappa shape index (κ3) is 4.64. The van der Waals surface area contributed by atoms with E-state index in [2.05, 4.69) is 55.7 Å². The summed E-state index contributed by atoms with van der Waals surface area (Å²) in [7, 11) is 4.29. The molecule has 92 valence electrons. The maximum atomic E-state index is 3.55. The van der Waals surface area contributed by atoms with Crippen LogP contribution in [0.5, 0.6) is 0 Å². The van der Waals surface area contributed by atoms with E-state index in [1.54, 1.807) is 0 Å². The van der Waals surface area contributed by atoms with Gasteiger partial charge in [-0.05, 0) is 44.4 Å². The van der Waals surface area contributed by atoms with Crippen LogP contribution in [0.3, 0.4) is 0 Å². The molecule has 0 radical (unpaired) electrons. The van der Waals surface area contributed by atoms with Crippen LogP contribution in [0.4, 0.5) is 0 Å². The zero-order valence-electron chi connectivity index (χ0n) is 10.9. The Morgan fingerprint density at radius 2 is 2.12 bits per heavy atom. The highest BCUT2D eigenvalue weighted by Crippen LogP contribution is 2.22. The molecule has 0 aromatic carbocycles. The van der Waals surface area contributed by atoms with Gasteiger partial charge in [0.15, 0.2) is 0 Å². The minimum Gasteiger partial charge on any atom is -0.315 e. The lowest BCUT2D eigenvalue weighted by atomic mass is 10.1. The predicted octanol–water partition coefficient (Wildman–Crippen LogP) is 2.99. The summed E-state index contributed by atoms with van der Waals surface area (Å²) in [6.07, 6.45) is 1.25. The number of thiophene rings is 1. The van der Waals surface area contributed by atoms with Crippen molar-refractivity contribution in [3.63, 3.8) is 0 Å². The number of hydrogen-bond donors (Lipinski definition) is 1. The third-order valence-corrected chi connectivity index (χ3v) is 3.70. The topological polar surface area (TPSA) is 15.3 Å². The fourth-order valence-corrected chi connectivity index (χ4v) is 2.57. The van der Waals surface area contributed by atoms with Crippen LogP contribution in [0.25, 0.3) is 0 Å². The molecular formula is C13H24N2S. The van der Waals surface area contributed by atoms with Crippen molar-refractivity contribution in [3.8, 4) is 0 Å². The molecule has 2 nitrogen and oxygen atoms in total. The van der Waals surface area contributed by atoms with Crippen molar-refractivity contribution in [3.05, 3.63) is 22.4 Å². The van der Waals surface area contributed by atoms with E-state index in [9.17, 15) is 0 Å². The van der Waals surface area contributed by atoms with E-state index < -0.39 is 0 Å². The Hall–Kier alpha value is -0.380. The summed E-state index contributed by atoms with van der Waals surface area (Å²) in [5.74, 6) is 0.784. The summed E-state index contributed by atoms with van der Waals surface area (Å²) in [4.78, 5) is 3.73. The molecule has 1 rings (SSSR count). The summed E-state index contributed by atoms with van der Waals surface area (Å²) >= 11 is 1.84. The lowest BCUT2D eigenvalue weighted by Crippen LogP contribution is -2.31. The van der Waals surface area contributed by atoms with Crippen molar-refractivity contribution in [2.24, 2.45) is 5.92 Å². The van der Waals surface area contributed by atoms with Gasteiger partial charge in [-0.1, -0.05) is 19.9 Å². The zero-order valence-corrected chi connectivity index (χ0v) is 11.7. The second-order valence-corrected chi connectivity index (χ2v) is 5.86. The van der Waals surface area contributed by atoms with Crippen LogP contribution in [0.1, 0.15) is 31.2 Å². The van der Waals surface area contributed by atoms with Crippen LogP contribution in [0, 0.1) is 5.92 Å². The molecule has 0 aliphatic carbocycles. The van der Waals surface area contributed by atoms with E-state index >= 15 is 0 Å². The van der Waals surface area contributed by atoms with Gasteiger partial charge in [0.2, 0.25) is 0 Å². The maximum absolute atomic E-state index is 3.55. The molecule has 0 fully saturated rings. The molecule has 3 heteroatoms. The van der Waals surface area contributed by atoms with Gasteiger partial charge in [0, 0.05) is 11.4 Å². The summed E-state index contributed by atoms with van der Waals surface area (Å²) in [6, 6.07) is 4.86. The van der Waals surface area contributed by atoms with Gasteiger partial charge in [-0.2, -0.15) is 0 Å². The number of rotatable bonds is 7. The fraction of sp³-hybridized carbons (Fsp3) is 0.692. The highest BCUT2D eigenvalue weighted by molar-refractivity contribution is 7.10. The molecule has 0 aliphatic heterocycles. The van der Waals surface area contributed by atoms with Gasteiger partial charge in [0.05, 0.1) is 6.04 Å². The van der Waals surface area contributed by atoms with Crippen LogP contribution in [-0.2, 0) is 0 Å². The zero-order chi connectivity index (χ0) is 12.0. The van der Waals surface area contributed by atoms with Crippen molar-refractivity contribution in [1.29, 1.82) is 0 Å². The Balaban J connectivity index is 2.35. The Morgan fingerprint density at radius 3 is 2.62 bits per heavy atom. The first-order valence-electron chi connectivity index (χ1n) is 6.01. The molecule has 0 spiro atoms. The molecule has 1 aromatic rings. The van der Waals surface area contributed by atoms with Crippen molar-refractivity contribution >= 4 is 11.3 Å². The average molecular weight is 240 g/mol. The molecule has 0 saturated heterocycles. The smallest absolute Gasteiger partial charge is 0.0561 e. The summed E-state index contributed by atoms with van der Waals surface area (Å²) in [6.45, 7) is 6.70. The van der Waals surface area contributed by atoms with Crippen molar-refractivity contribution in [1.82, 2.24) is 10.2 Å². The monoisotopic (exact) mass is 240 g/mol. The normalized spacial score (nSPS) is 13.6. The average Bonchev–Trinajstić information content (AvgIpc) is 2.69. The number of hydrogen-bond acceptors (Lipinski definition) is 3. The molecule has 1 atom stereocenters. The van der Waals surface area contributed by atoms with Gasteiger partial charge >= 0.3 is 0 Å². The van der Waals surface area contributed by atoms with E-state index in [1.165, 1.54) is 11.3 Å². The molecule has 1 heterocycles. The summed E-state index contributed by atoms with van der Waals surface area (Å²) < 4.78 is 0. The molecule has 1 aromatic heterocycles. The highest BCUT2D eigenvalue weighted by Gasteiger charge is 2.14. The minimum atomic E-state index is 0.507. The second kappa shape index (κ2) is 7.05. The standard InChI is InChI=1S/C13H24N2S/c1-11(2)7-8-14-10-12(15(3)4)13-6-5-9-16-13/h5-6,9,11-12,14H,7-8,10H2,1-4H3. The van der Waals surface area contributed by atoms with Crippen molar-refractivity contribution in [2.45, 2.75) is 26.3 Å².